The Kier molecular flexibility index (Phi) is 5.25. The Morgan fingerprint density at radius 1 is 1.61 bits per heavy atom. The maximum atomic E-state index is 10.8. The Labute approximate surface area is 105 Å². The molecule has 2 N–H and O–H groups in total. The third kappa shape index (κ3) is 3.81. The smallest absolute Gasteiger partial charge is 0.329 e. The molecule has 0 aliphatic heterocycles. The molecule has 1 heterocycles. The van der Waals surface area contributed by atoms with E-state index in [1.54, 1.807) is 14.2 Å². The summed E-state index contributed by atoms with van der Waals surface area (Å²) in [4.78, 5) is 18.2. The predicted octanol–water partition coefficient (Wildman–Crippen LogP) is 1.12. The number of methoxy groups -OCH3 is 1. The average molecular weight is 255 g/mol. The molecular formula is C10H17N5O3. The molecule has 1 rings (SSSR count). The van der Waals surface area contributed by atoms with Crippen molar-refractivity contribution in [1.82, 2.24) is 9.97 Å². The second-order valence-corrected chi connectivity index (χ2v) is 3.88. The molecular weight excluding hydrogens is 238 g/mol. The van der Waals surface area contributed by atoms with Crippen molar-refractivity contribution < 1.29 is 9.66 Å². The lowest BCUT2D eigenvalue weighted by molar-refractivity contribution is -0.384. The van der Waals surface area contributed by atoms with E-state index >= 15 is 0 Å². The van der Waals surface area contributed by atoms with E-state index in [1.807, 2.05) is 6.92 Å². The average Bonchev–Trinajstić information content (AvgIpc) is 2.36. The Hall–Kier alpha value is -1.96. The molecule has 100 valence electrons. The Morgan fingerprint density at radius 3 is 2.89 bits per heavy atom. The first kappa shape index (κ1) is 14.1. The Morgan fingerprint density at radius 2 is 2.33 bits per heavy atom. The topological polar surface area (TPSA) is 102 Å². The SMILES string of the molecule is CNc1ncc([N+](=O)[O-])c(NCC(C)COC)n1. The fourth-order valence-corrected chi connectivity index (χ4v) is 1.37. The summed E-state index contributed by atoms with van der Waals surface area (Å²) in [6.07, 6.45) is 1.18. The van der Waals surface area contributed by atoms with Crippen molar-refractivity contribution in [2.24, 2.45) is 5.92 Å². The van der Waals surface area contributed by atoms with Gasteiger partial charge in [0.25, 0.3) is 0 Å². The summed E-state index contributed by atoms with van der Waals surface area (Å²) >= 11 is 0. The zero-order chi connectivity index (χ0) is 13.5. The molecule has 0 aromatic carbocycles. The first-order valence-corrected chi connectivity index (χ1v) is 5.50. The van der Waals surface area contributed by atoms with Gasteiger partial charge in [0.05, 0.1) is 11.5 Å². The highest BCUT2D eigenvalue weighted by molar-refractivity contribution is 5.56. The third-order valence-electron chi connectivity index (χ3n) is 2.26. The maximum Gasteiger partial charge on any atom is 0.329 e. The van der Waals surface area contributed by atoms with Crippen LogP contribution in [0.15, 0.2) is 6.20 Å². The lowest BCUT2D eigenvalue weighted by Gasteiger charge is -2.12. The Bertz CT molecular complexity index is 412. The summed E-state index contributed by atoms with van der Waals surface area (Å²) in [6.45, 7) is 3.09. The van der Waals surface area contributed by atoms with Crippen LogP contribution in [0.1, 0.15) is 6.92 Å². The first-order valence-electron chi connectivity index (χ1n) is 5.50. The summed E-state index contributed by atoms with van der Waals surface area (Å²) < 4.78 is 5.00. The zero-order valence-corrected chi connectivity index (χ0v) is 10.6. The van der Waals surface area contributed by atoms with E-state index < -0.39 is 4.92 Å². The molecule has 0 radical (unpaired) electrons. The largest absolute Gasteiger partial charge is 0.384 e. The van der Waals surface area contributed by atoms with E-state index in [4.69, 9.17) is 4.74 Å². The quantitative estimate of drug-likeness (QED) is 0.556. The van der Waals surface area contributed by atoms with E-state index in [9.17, 15) is 10.1 Å². The number of anilines is 2. The summed E-state index contributed by atoms with van der Waals surface area (Å²) in [5.41, 5.74) is -0.140. The van der Waals surface area contributed by atoms with Gasteiger partial charge in [-0.15, -0.1) is 0 Å². The van der Waals surface area contributed by atoms with Gasteiger partial charge in [0.15, 0.2) is 0 Å². The minimum absolute atomic E-state index is 0.140. The van der Waals surface area contributed by atoms with Gasteiger partial charge in [0.1, 0.15) is 6.20 Å². The fourth-order valence-electron chi connectivity index (χ4n) is 1.37. The number of nitrogens with zero attached hydrogens (tertiary/aromatic N) is 3. The minimum atomic E-state index is -0.511. The van der Waals surface area contributed by atoms with Gasteiger partial charge < -0.3 is 15.4 Å². The standard InChI is InChI=1S/C10H17N5O3/c1-7(6-18-3)4-12-9-8(15(16)17)5-13-10(11-2)14-9/h5,7H,4,6H2,1-3H3,(H2,11,12,13,14). The van der Waals surface area contributed by atoms with Crippen LogP contribution in [0.4, 0.5) is 17.5 Å². The molecule has 0 saturated carbocycles. The lowest BCUT2D eigenvalue weighted by Crippen LogP contribution is -2.17. The van der Waals surface area contributed by atoms with Crippen LogP contribution < -0.4 is 10.6 Å². The highest BCUT2D eigenvalue weighted by Gasteiger charge is 2.17. The van der Waals surface area contributed by atoms with Crippen LogP contribution in [0.5, 0.6) is 0 Å². The molecule has 0 aliphatic carbocycles. The molecule has 1 atom stereocenters. The van der Waals surface area contributed by atoms with Crippen LogP contribution in [0.3, 0.4) is 0 Å². The van der Waals surface area contributed by atoms with Crippen LogP contribution in [0, 0.1) is 16.0 Å². The van der Waals surface area contributed by atoms with Gasteiger partial charge >= 0.3 is 5.69 Å². The van der Waals surface area contributed by atoms with Crippen LogP contribution in [0.2, 0.25) is 0 Å². The van der Waals surface area contributed by atoms with Crippen LogP contribution >= 0.6 is 0 Å². The molecule has 0 amide bonds. The minimum Gasteiger partial charge on any atom is -0.384 e. The van der Waals surface area contributed by atoms with Crippen molar-refractivity contribution in [2.75, 3.05) is 37.9 Å². The molecule has 0 bridgehead atoms. The molecule has 1 unspecified atom stereocenters. The van der Waals surface area contributed by atoms with Gasteiger partial charge in [0, 0.05) is 20.7 Å². The van der Waals surface area contributed by atoms with E-state index in [2.05, 4.69) is 20.6 Å². The van der Waals surface area contributed by atoms with Crippen molar-refractivity contribution in [2.45, 2.75) is 6.92 Å². The highest BCUT2D eigenvalue weighted by atomic mass is 16.6. The van der Waals surface area contributed by atoms with Crippen molar-refractivity contribution >= 4 is 17.5 Å². The zero-order valence-electron chi connectivity index (χ0n) is 10.6. The number of aromatic nitrogens is 2. The molecule has 8 nitrogen and oxygen atoms in total. The first-order chi connectivity index (χ1) is 8.58. The van der Waals surface area contributed by atoms with E-state index in [-0.39, 0.29) is 17.4 Å². The van der Waals surface area contributed by atoms with Gasteiger partial charge in [-0.05, 0) is 5.92 Å². The fraction of sp³-hybridized carbons (Fsp3) is 0.600. The van der Waals surface area contributed by atoms with Gasteiger partial charge in [-0.1, -0.05) is 6.92 Å². The molecule has 0 aliphatic rings. The molecule has 0 fully saturated rings. The summed E-state index contributed by atoms with van der Waals surface area (Å²) in [5, 5.41) is 16.5. The Balaban J connectivity index is 2.80. The maximum absolute atomic E-state index is 10.8. The monoisotopic (exact) mass is 255 g/mol. The number of rotatable bonds is 7. The molecule has 1 aromatic rings. The number of nitro groups is 1. The molecule has 1 aromatic heterocycles. The number of hydrogen-bond donors (Lipinski definition) is 2. The normalized spacial score (nSPS) is 11.9. The van der Waals surface area contributed by atoms with Crippen molar-refractivity contribution in [3.05, 3.63) is 16.3 Å². The molecule has 18 heavy (non-hydrogen) atoms. The third-order valence-corrected chi connectivity index (χ3v) is 2.26. The van der Waals surface area contributed by atoms with Crippen LogP contribution in [-0.2, 0) is 4.74 Å². The molecule has 8 heteroatoms. The second kappa shape index (κ2) is 6.70. The summed E-state index contributed by atoms with van der Waals surface area (Å²) in [7, 11) is 3.27. The van der Waals surface area contributed by atoms with E-state index in [0.29, 0.717) is 19.1 Å². The number of ether oxygens (including phenoxy) is 1. The lowest BCUT2D eigenvalue weighted by atomic mass is 10.2. The van der Waals surface area contributed by atoms with Crippen molar-refractivity contribution in [1.29, 1.82) is 0 Å². The summed E-state index contributed by atoms with van der Waals surface area (Å²) in [5.74, 6) is 0.771. The molecule has 0 saturated heterocycles. The van der Waals surface area contributed by atoms with Gasteiger partial charge in [0.2, 0.25) is 11.8 Å². The highest BCUT2D eigenvalue weighted by Crippen LogP contribution is 2.21. The van der Waals surface area contributed by atoms with E-state index in [1.165, 1.54) is 6.20 Å². The molecule has 0 spiro atoms. The predicted molar refractivity (Wildman–Crippen MR) is 67.8 cm³/mol. The van der Waals surface area contributed by atoms with Crippen LogP contribution in [-0.4, -0.2) is 42.2 Å². The van der Waals surface area contributed by atoms with E-state index in [0.717, 1.165) is 0 Å². The van der Waals surface area contributed by atoms with Crippen LogP contribution in [0.25, 0.3) is 0 Å². The van der Waals surface area contributed by atoms with Crippen molar-refractivity contribution in [3.63, 3.8) is 0 Å². The number of nitrogens with one attached hydrogen (secondary N) is 2. The van der Waals surface area contributed by atoms with Gasteiger partial charge in [-0.3, -0.25) is 10.1 Å². The van der Waals surface area contributed by atoms with Gasteiger partial charge in [-0.2, -0.15) is 4.98 Å². The van der Waals surface area contributed by atoms with Crippen molar-refractivity contribution in [3.8, 4) is 0 Å². The summed E-state index contributed by atoms with van der Waals surface area (Å²) in [6, 6.07) is 0. The second-order valence-electron chi connectivity index (χ2n) is 3.88. The number of hydrogen-bond acceptors (Lipinski definition) is 7. The van der Waals surface area contributed by atoms with Gasteiger partial charge in [-0.25, -0.2) is 4.98 Å².